The Morgan fingerprint density at radius 3 is 2.42 bits per heavy atom. The predicted octanol–water partition coefficient (Wildman–Crippen LogP) is 3.38. The number of halogens is 1. The van der Waals surface area contributed by atoms with Crippen molar-refractivity contribution in [1.82, 2.24) is 5.32 Å². The van der Waals surface area contributed by atoms with Gasteiger partial charge >= 0.3 is 0 Å². The molecule has 5 heteroatoms. The highest BCUT2D eigenvalue weighted by Crippen LogP contribution is 2.34. The summed E-state index contributed by atoms with van der Waals surface area (Å²) in [5.74, 6) is 0.245. The van der Waals surface area contributed by atoms with E-state index < -0.39 is 0 Å². The van der Waals surface area contributed by atoms with Crippen LogP contribution in [0.15, 0.2) is 48.5 Å². The molecule has 1 fully saturated rings. The van der Waals surface area contributed by atoms with Crippen molar-refractivity contribution in [3.8, 4) is 5.75 Å². The van der Waals surface area contributed by atoms with Crippen LogP contribution < -0.4 is 10.1 Å². The van der Waals surface area contributed by atoms with E-state index in [1.165, 1.54) is 12.1 Å². The Balaban J connectivity index is 1.59. The molecule has 1 saturated heterocycles. The molecule has 1 N–H and O–H groups in total. The van der Waals surface area contributed by atoms with E-state index >= 15 is 0 Å². The zero-order valence-electron chi connectivity index (χ0n) is 15.0. The quantitative estimate of drug-likeness (QED) is 0.862. The van der Waals surface area contributed by atoms with Gasteiger partial charge < -0.3 is 14.8 Å². The summed E-state index contributed by atoms with van der Waals surface area (Å²) in [5, 5.41) is 2.97. The lowest BCUT2D eigenvalue weighted by atomic mass is 9.74. The van der Waals surface area contributed by atoms with Gasteiger partial charge in [-0.05, 0) is 49.6 Å². The van der Waals surface area contributed by atoms with Crippen LogP contribution in [0.25, 0.3) is 0 Å². The summed E-state index contributed by atoms with van der Waals surface area (Å²) in [6.07, 6.45) is 1.58. The molecule has 1 aliphatic heterocycles. The molecule has 2 aromatic carbocycles. The highest BCUT2D eigenvalue weighted by atomic mass is 19.1. The average molecular weight is 357 g/mol. The van der Waals surface area contributed by atoms with Gasteiger partial charge in [0.15, 0.2) is 6.61 Å². The van der Waals surface area contributed by atoms with E-state index in [0.717, 1.165) is 24.0 Å². The van der Waals surface area contributed by atoms with Crippen LogP contribution in [-0.2, 0) is 14.9 Å². The number of carbonyl (C=O) groups excluding carboxylic acids is 1. The molecule has 138 valence electrons. The van der Waals surface area contributed by atoms with Crippen LogP contribution in [0.1, 0.15) is 24.0 Å². The zero-order chi connectivity index (χ0) is 18.4. The normalized spacial score (nSPS) is 16.1. The van der Waals surface area contributed by atoms with Crippen molar-refractivity contribution in [2.24, 2.45) is 0 Å². The van der Waals surface area contributed by atoms with Crippen molar-refractivity contribution in [3.05, 3.63) is 65.5 Å². The molecule has 0 aliphatic carbocycles. The Hall–Kier alpha value is -2.40. The number of hydrogen-bond donors (Lipinski definition) is 1. The molecule has 3 rings (SSSR count). The van der Waals surface area contributed by atoms with Gasteiger partial charge in [0.2, 0.25) is 0 Å². The van der Waals surface area contributed by atoms with Crippen molar-refractivity contribution in [2.75, 3.05) is 26.4 Å². The first kappa shape index (κ1) is 18.4. The molecule has 0 bridgehead atoms. The van der Waals surface area contributed by atoms with Gasteiger partial charge in [0.1, 0.15) is 11.6 Å². The summed E-state index contributed by atoms with van der Waals surface area (Å²) in [6, 6.07) is 14.1. The Labute approximate surface area is 153 Å². The van der Waals surface area contributed by atoms with E-state index in [1.807, 2.05) is 31.2 Å². The second-order valence-corrected chi connectivity index (χ2v) is 6.78. The fourth-order valence-corrected chi connectivity index (χ4v) is 3.24. The molecule has 0 saturated carbocycles. The van der Waals surface area contributed by atoms with Crippen LogP contribution in [0, 0.1) is 12.7 Å². The molecule has 0 spiro atoms. The third-order valence-corrected chi connectivity index (χ3v) is 4.92. The highest BCUT2D eigenvalue weighted by molar-refractivity contribution is 5.77. The topological polar surface area (TPSA) is 47.6 Å². The van der Waals surface area contributed by atoms with Crippen LogP contribution in [0.4, 0.5) is 4.39 Å². The van der Waals surface area contributed by atoms with Gasteiger partial charge in [-0.1, -0.05) is 29.8 Å². The molecule has 0 atom stereocenters. The average Bonchev–Trinajstić information content (AvgIpc) is 2.67. The third-order valence-electron chi connectivity index (χ3n) is 4.92. The monoisotopic (exact) mass is 357 g/mol. The standard InChI is InChI=1S/C21H24FNO3/c1-16-2-8-19(9-3-16)26-14-20(24)23-15-21(10-12-25-13-11-21)17-4-6-18(22)7-5-17/h2-9H,10-15H2,1H3,(H,23,24). The molecule has 2 aromatic rings. The van der Waals surface area contributed by atoms with Crippen LogP contribution in [0.5, 0.6) is 5.75 Å². The molecule has 0 unspecified atom stereocenters. The molecule has 1 heterocycles. The van der Waals surface area contributed by atoms with Gasteiger partial charge in [0, 0.05) is 25.2 Å². The van der Waals surface area contributed by atoms with Crippen LogP contribution >= 0.6 is 0 Å². The van der Waals surface area contributed by atoms with Gasteiger partial charge in [-0.3, -0.25) is 4.79 Å². The summed E-state index contributed by atoms with van der Waals surface area (Å²) >= 11 is 0. The molecule has 0 aromatic heterocycles. The highest BCUT2D eigenvalue weighted by Gasteiger charge is 2.34. The van der Waals surface area contributed by atoms with Crippen LogP contribution in [0.2, 0.25) is 0 Å². The minimum atomic E-state index is -0.258. The number of aryl methyl sites for hydroxylation is 1. The second kappa shape index (κ2) is 8.32. The minimum Gasteiger partial charge on any atom is -0.484 e. The summed E-state index contributed by atoms with van der Waals surface area (Å²) in [7, 11) is 0. The van der Waals surface area contributed by atoms with Crippen molar-refractivity contribution in [3.63, 3.8) is 0 Å². The number of ether oxygens (including phenoxy) is 2. The van der Waals surface area contributed by atoms with E-state index in [2.05, 4.69) is 5.32 Å². The van der Waals surface area contributed by atoms with Crippen LogP contribution in [-0.4, -0.2) is 32.3 Å². The summed E-state index contributed by atoms with van der Waals surface area (Å²) < 4.78 is 24.3. The maximum atomic E-state index is 13.3. The summed E-state index contributed by atoms with van der Waals surface area (Å²) in [5.41, 5.74) is 1.94. The van der Waals surface area contributed by atoms with Crippen LogP contribution in [0.3, 0.4) is 0 Å². The number of amides is 1. The van der Waals surface area contributed by atoms with Crippen molar-refractivity contribution in [2.45, 2.75) is 25.2 Å². The number of benzene rings is 2. The van der Waals surface area contributed by atoms with E-state index in [1.54, 1.807) is 12.1 Å². The lowest BCUT2D eigenvalue weighted by Crippen LogP contribution is -2.45. The molecular weight excluding hydrogens is 333 g/mol. The van der Waals surface area contributed by atoms with Crippen molar-refractivity contribution in [1.29, 1.82) is 0 Å². The van der Waals surface area contributed by atoms with E-state index in [0.29, 0.717) is 25.5 Å². The number of rotatable bonds is 6. The lowest BCUT2D eigenvalue weighted by molar-refractivity contribution is -0.123. The van der Waals surface area contributed by atoms with Crippen molar-refractivity contribution >= 4 is 5.91 Å². The summed E-state index contributed by atoms with van der Waals surface area (Å²) in [6.45, 7) is 3.72. The van der Waals surface area contributed by atoms with E-state index in [4.69, 9.17) is 9.47 Å². The molecule has 1 amide bonds. The Bertz CT molecular complexity index is 722. The molecule has 26 heavy (non-hydrogen) atoms. The van der Waals surface area contributed by atoms with E-state index in [-0.39, 0.29) is 23.7 Å². The fraction of sp³-hybridized carbons (Fsp3) is 0.381. The van der Waals surface area contributed by atoms with Gasteiger partial charge in [-0.2, -0.15) is 0 Å². The number of nitrogens with one attached hydrogen (secondary N) is 1. The van der Waals surface area contributed by atoms with E-state index in [9.17, 15) is 9.18 Å². The largest absolute Gasteiger partial charge is 0.484 e. The summed E-state index contributed by atoms with van der Waals surface area (Å²) in [4.78, 5) is 12.2. The zero-order valence-corrected chi connectivity index (χ0v) is 15.0. The minimum absolute atomic E-state index is 0.0287. The first-order valence-electron chi connectivity index (χ1n) is 8.87. The predicted molar refractivity (Wildman–Crippen MR) is 97.8 cm³/mol. The van der Waals surface area contributed by atoms with Gasteiger partial charge in [-0.15, -0.1) is 0 Å². The first-order valence-corrected chi connectivity index (χ1v) is 8.87. The maximum absolute atomic E-state index is 13.3. The Morgan fingerprint density at radius 2 is 1.77 bits per heavy atom. The van der Waals surface area contributed by atoms with Gasteiger partial charge in [-0.25, -0.2) is 4.39 Å². The lowest BCUT2D eigenvalue weighted by Gasteiger charge is -2.38. The molecule has 1 aliphatic rings. The van der Waals surface area contributed by atoms with Crippen molar-refractivity contribution < 1.29 is 18.7 Å². The third kappa shape index (κ3) is 4.61. The Kier molecular flexibility index (Phi) is 5.89. The SMILES string of the molecule is Cc1ccc(OCC(=O)NCC2(c3ccc(F)cc3)CCOCC2)cc1. The molecule has 4 nitrogen and oxygen atoms in total. The maximum Gasteiger partial charge on any atom is 0.257 e. The Morgan fingerprint density at radius 1 is 1.12 bits per heavy atom. The molecule has 0 radical (unpaired) electrons. The number of hydrogen-bond acceptors (Lipinski definition) is 3. The second-order valence-electron chi connectivity index (χ2n) is 6.78. The molecular formula is C21H24FNO3. The fourth-order valence-electron chi connectivity index (χ4n) is 3.24. The first-order chi connectivity index (χ1) is 12.6. The van der Waals surface area contributed by atoms with Gasteiger partial charge in [0.25, 0.3) is 5.91 Å². The van der Waals surface area contributed by atoms with Gasteiger partial charge in [0.05, 0.1) is 0 Å². The smallest absolute Gasteiger partial charge is 0.257 e. The number of carbonyl (C=O) groups is 1.